The van der Waals surface area contributed by atoms with Crippen molar-refractivity contribution >= 4 is 17.7 Å². The van der Waals surface area contributed by atoms with Gasteiger partial charge in [-0.2, -0.15) is 0 Å². The predicted molar refractivity (Wildman–Crippen MR) is 86.1 cm³/mol. The van der Waals surface area contributed by atoms with E-state index < -0.39 is 0 Å². The Hall–Kier alpha value is -1.78. The highest BCUT2D eigenvalue weighted by atomic mass is 32.2. The molecule has 0 aliphatic rings. The van der Waals surface area contributed by atoms with Crippen LogP contribution in [-0.2, 0) is 28.2 Å². The second-order valence-corrected chi connectivity index (χ2v) is 5.71. The fourth-order valence-corrected chi connectivity index (χ4v) is 2.91. The van der Waals surface area contributed by atoms with Crippen LogP contribution in [0.4, 0.5) is 0 Å². The summed E-state index contributed by atoms with van der Waals surface area (Å²) in [5, 5.41) is 0. The third-order valence-electron chi connectivity index (χ3n) is 3.23. The minimum Gasteiger partial charge on any atom is -0.469 e. The number of benzene rings is 2. The topological polar surface area (TPSA) is 52.3 Å². The monoisotopic (exact) mass is 301 g/mol. The minimum absolute atomic E-state index is 0.209. The van der Waals surface area contributed by atoms with E-state index in [9.17, 15) is 4.79 Å². The van der Waals surface area contributed by atoms with Gasteiger partial charge in [0.2, 0.25) is 0 Å². The molecule has 2 rings (SSSR count). The molecule has 2 N–H and O–H groups in total. The third-order valence-corrected chi connectivity index (χ3v) is 4.30. The first kappa shape index (κ1) is 15.6. The van der Waals surface area contributed by atoms with Crippen LogP contribution in [0, 0.1) is 0 Å². The number of nitrogens with two attached hydrogens (primary N) is 1. The first-order valence-electron chi connectivity index (χ1n) is 6.78. The summed E-state index contributed by atoms with van der Waals surface area (Å²) in [7, 11) is 1.42. The lowest BCUT2D eigenvalue weighted by molar-refractivity contribution is -0.139. The van der Waals surface area contributed by atoms with Gasteiger partial charge >= 0.3 is 5.97 Å². The zero-order chi connectivity index (χ0) is 15.1. The molecule has 0 unspecified atom stereocenters. The fraction of sp³-hybridized carbons (Fsp3) is 0.235. The third kappa shape index (κ3) is 4.62. The van der Waals surface area contributed by atoms with Gasteiger partial charge in [-0.05, 0) is 28.8 Å². The zero-order valence-corrected chi connectivity index (χ0v) is 12.9. The quantitative estimate of drug-likeness (QED) is 0.658. The summed E-state index contributed by atoms with van der Waals surface area (Å²) in [5.74, 6) is 0.620. The van der Waals surface area contributed by atoms with Crippen molar-refractivity contribution in [3.63, 3.8) is 0 Å². The summed E-state index contributed by atoms with van der Waals surface area (Å²) < 4.78 is 4.74. The Morgan fingerprint density at radius 2 is 1.76 bits per heavy atom. The van der Waals surface area contributed by atoms with Gasteiger partial charge in [-0.25, -0.2) is 0 Å². The lowest BCUT2D eigenvalue weighted by Crippen LogP contribution is -2.06. The second-order valence-electron chi connectivity index (χ2n) is 4.66. The standard InChI is InChI=1S/C17H19NO2S/c1-20-17(19)10-14-4-2-3-5-15(14)12-21-16-8-6-13(11-18)7-9-16/h2-9H,10-12,18H2,1H3. The Morgan fingerprint density at radius 3 is 2.38 bits per heavy atom. The van der Waals surface area contributed by atoms with Gasteiger partial charge < -0.3 is 10.5 Å². The van der Waals surface area contributed by atoms with Crippen LogP contribution >= 0.6 is 11.8 Å². The van der Waals surface area contributed by atoms with Gasteiger partial charge in [0, 0.05) is 17.2 Å². The van der Waals surface area contributed by atoms with E-state index in [0.717, 1.165) is 22.4 Å². The van der Waals surface area contributed by atoms with Crippen LogP contribution in [0.5, 0.6) is 0 Å². The molecule has 0 saturated heterocycles. The van der Waals surface area contributed by atoms with Gasteiger partial charge in [0.25, 0.3) is 0 Å². The average molecular weight is 301 g/mol. The van der Waals surface area contributed by atoms with Crippen molar-refractivity contribution in [2.75, 3.05) is 7.11 Å². The largest absolute Gasteiger partial charge is 0.469 e. The van der Waals surface area contributed by atoms with E-state index in [-0.39, 0.29) is 5.97 Å². The van der Waals surface area contributed by atoms with Crippen molar-refractivity contribution in [3.8, 4) is 0 Å². The molecule has 0 saturated carbocycles. The highest BCUT2D eigenvalue weighted by molar-refractivity contribution is 7.98. The fourth-order valence-electron chi connectivity index (χ4n) is 1.98. The van der Waals surface area contributed by atoms with Gasteiger partial charge in [-0.15, -0.1) is 11.8 Å². The summed E-state index contributed by atoms with van der Waals surface area (Å²) in [6.07, 6.45) is 0.319. The Morgan fingerprint density at radius 1 is 1.10 bits per heavy atom. The number of hydrogen-bond donors (Lipinski definition) is 1. The number of esters is 1. The maximum absolute atomic E-state index is 11.4. The van der Waals surface area contributed by atoms with E-state index in [1.54, 1.807) is 11.8 Å². The summed E-state index contributed by atoms with van der Waals surface area (Å²) in [6, 6.07) is 16.2. The molecule has 0 aliphatic heterocycles. The van der Waals surface area contributed by atoms with E-state index in [4.69, 9.17) is 10.5 Å². The van der Waals surface area contributed by atoms with Crippen molar-refractivity contribution in [2.24, 2.45) is 5.73 Å². The molecule has 2 aromatic carbocycles. The number of thioether (sulfide) groups is 1. The number of carbonyl (C=O) groups is 1. The van der Waals surface area contributed by atoms with Crippen LogP contribution in [0.3, 0.4) is 0 Å². The van der Waals surface area contributed by atoms with Crippen LogP contribution in [0.25, 0.3) is 0 Å². The number of hydrogen-bond acceptors (Lipinski definition) is 4. The first-order valence-corrected chi connectivity index (χ1v) is 7.77. The molecule has 4 heteroatoms. The summed E-state index contributed by atoms with van der Waals surface area (Å²) >= 11 is 1.75. The molecule has 2 aromatic rings. The second kappa shape index (κ2) is 7.86. The highest BCUT2D eigenvalue weighted by Gasteiger charge is 2.08. The SMILES string of the molecule is COC(=O)Cc1ccccc1CSc1ccc(CN)cc1. The van der Waals surface area contributed by atoms with Crippen molar-refractivity contribution in [3.05, 3.63) is 65.2 Å². The molecule has 0 radical (unpaired) electrons. The molecular formula is C17H19NO2S. The smallest absolute Gasteiger partial charge is 0.309 e. The molecule has 0 aliphatic carbocycles. The number of rotatable bonds is 6. The normalized spacial score (nSPS) is 10.4. The molecular weight excluding hydrogens is 282 g/mol. The molecule has 0 fully saturated rings. The molecule has 0 amide bonds. The van der Waals surface area contributed by atoms with Gasteiger partial charge in [-0.1, -0.05) is 36.4 Å². The van der Waals surface area contributed by atoms with Crippen LogP contribution in [0.1, 0.15) is 16.7 Å². The Labute approximate surface area is 129 Å². The van der Waals surface area contributed by atoms with E-state index in [2.05, 4.69) is 18.2 Å². The Balaban J connectivity index is 2.03. The maximum atomic E-state index is 11.4. The molecule has 0 spiro atoms. The van der Waals surface area contributed by atoms with E-state index in [0.29, 0.717) is 13.0 Å². The molecule has 110 valence electrons. The Bertz CT molecular complexity index is 596. The Kier molecular flexibility index (Phi) is 5.84. The summed E-state index contributed by atoms with van der Waals surface area (Å²) in [4.78, 5) is 12.6. The number of methoxy groups -OCH3 is 1. The van der Waals surface area contributed by atoms with Crippen molar-refractivity contribution in [1.29, 1.82) is 0 Å². The van der Waals surface area contributed by atoms with Crippen LogP contribution in [0.2, 0.25) is 0 Å². The first-order chi connectivity index (χ1) is 10.2. The van der Waals surface area contributed by atoms with Crippen LogP contribution in [0.15, 0.2) is 53.4 Å². The van der Waals surface area contributed by atoms with E-state index in [1.165, 1.54) is 12.0 Å². The number of carbonyl (C=O) groups excluding carboxylic acids is 1. The summed E-state index contributed by atoms with van der Waals surface area (Å²) in [5.41, 5.74) is 8.91. The van der Waals surface area contributed by atoms with E-state index in [1.807, 2.05) is 30.3 Å². The van der Waals surface area contributed by atoms with Crippen LogP contribution in [-0.4, -0.2) is 13.1 Å². The van der Waals surface area contributed by atoms with Crippen molar-refractivity contribution in [2.45, 2.75) is 23.6 Å². The van der Waals surface area contributed by atoms with Gasteiger partial charge in [-0.3, -0.25) is 4.79 Å². The number of ether oxygens (including phenoxy) is 1. The molecule has 0 atom stereocenters. The van der Waals surface area contributed by atoms with Gasteiger partial charge in [0.05, 0.1) is 13.5 Å². The predicted octanol–water partition coefficient (Wildman–Crippen LogP) is 3.15. The summed E-state index contributed by atoms with van der Waals surface area (Å²) in [6.45, 7) is 0.562. The van der Waals surface area contributed by atoms with E-state index >= 15 is 0 Å². The molecule has 0 aromatic heterocycles. The molecule has 0 heterocycles. The molecule has 3 nitrogen and oxygen atoms in total. The molecule has 0 bridgehead atoms. The van der Waals surface area contributed by atoms with Crippen molar-refractivity contribution in [1.82, 2.24) is 0 Å². The van der Waals surface area contributed by atoms with Crippen LogP contribution < -0.4 is 5.73 Å². The van der Waals surface area contributed by atoms with Gasteiger partial charge in [0.1, 0.15) is 0 Å². The minimum atomic E-state index is -0.209. The highest BCUT2D eigenvalue weighted by Crippen LogP contribution is 2.25. The van der Waals surface area contributed by atoms with Crippen molar-refractivity contribution < 1.29 is 9.53 Å². The maximum Gasteiger partial charge on any atom is 0.309 e. The van der Waals surface area contributed by atoms with Gasteiger partial charge in [0.15, 0.2) is 0 Å². The zero-order valence-electron chi connectivity index (χ0n) is 12.0. The average Bonchev–Trinajstić information content (AvgIpc) is 2.54. The molecule has 21 heavy (non-hydrogen) atoms. The lowest BCUT2D eigenvalue weighted by atomic mass is 10.1. The lowest BCUT2D eigenvalue weighted by Gasteiger charge is -2.09.